The molecule has 49 heavy (non-hydrogen) atoms. The molecule has 0 saturated carbocycles. The highest BCUT2D eigenvalue weighted by Gasteiger charge is 2.25. The van der Waals surface area contributed by atoms with Crippen LogP contribution in [0.3, 0.4) is 0 Å². The molecule has 0 aliphatic carbocycles. The second kappa shape index (κ2) is 10.2. The Kier molecular flexibility index (Phi) is 5.57. The normalized spacial score (nSPS) is 12.1. The molecule has 3 aromatic heterocycles. The number of furan rings is 2. The molecule has 3 heteroatoms. The van der Waals surface area contributed by atoms with Gasteiger partial charge in [-0.25, -0.2) is 0 Å². The van der Waals surface area contributed by atoms with Gasteiger partial charge in [-0.3, -0.25) is 0 Å². The molecule has 11 rings (SSSR count). The molecule has 0 fully saturated rings. The van der Waals surface area contributed by atoms with E-state index in [0.29, 0.717) is 0 Å². The van der Waals surface area contributed by atoms with Crippen molar-refractivity contribution < 1.29 is 8.83 Å². The number of para-hydroxylation sites is 1. The fourth-order valence-corrected chi connectivity index (χ4v) is 9.15. The molecule has 0 spiro atoms. The maximum atomic E-state index is 6.83. The Hall–Kier alpha value is -6.16. The van der Waals surface area contributed by atoms with Crippen molar-refractivity contribution in [2.75, 3.05) is 0 Å². The number of benzene rings is 8. The van der Waals surface area contributed by atoms with Gasteiger partial charge < -0.3 is 8.83 Å². The fourth-order valence-electron chi connectivity index (χ4n) is 8.02. The molecule has 0 aliphatic heterocycles. The van der Waals surface area contributed by atoms with Gasteiger partial charge in [-0.2, -0.15) is 0 Å². The van der Waals surface area contributed by atoms with Gasteiger partial charge in [0.15, 0.2) is 0 Å². The lowest BCUT2D eigenvalue weighted by atomic mass is 9.84. The molecule has 3 heterocycles. The van der Waals surface area contributed by atoms with Crippen LogP contribution in [0.2, 0.25) is 0 Å². The number of fused-ring (bicyclic) bond motifs is 9. The van der Waals surface area contributed by atoms with E-state index in [1.165, 1.54) is 52.8 Å². The molecule has 228 valence electrons. The van der Waals surface area contributed by atoms with Gasteiger partial charge in [0.05, 0.1) is 0 Å². The Labute approximate surface area is 285 Å². The lowest BCUT2D eigenvalue weighted by Gasteiger charge is -2.19. The molecule has 0 bridgehead atoms. The minimum Gasteiger partial charge on any atom is -0.456 e. The van der Waals surface area contributed by atoms with Crippen molar-refractivity contribution in [1.82, 2.24) is 0 Å². The van der Waals surface area contributed by atoms with Crippen LogP contribution in [0.15, 0.2) is 167 Å². The maximum absolute atomic E-state index is 6.83. The van der Waals surface area contributed by atoms with Crippen LogP contribution in [0.5, 0.6) is 0 Å². The molecule has 2 nitrogen and oxygen atoms in total. The van der Waals surface area contributed by atoms with E-state index in [-0.39, 0.29) is 0 Å². The summed E-state index contributed by atoms with van der Waals surface area (Å²) in [5.74, 6) is 0.843. The first-order chi connectivity index (χ1) is 24.3. The highest BCUT2D eigenvalue weighted by molar-refractivity contribution is 7.25. The maximum Gasteiger partial charge on any atom is 0.144 e. The van der Waals surface area contributed by atoms with Crippen LogP contribution in [0, 0.1) is 0 Å². The second-order valence-electron chi connectivity index (χ2n) is 12.7. The first kappa shape index (κ1) is 26.9. The van der Waals surface area contributed by atoms with Crippen molar-refractivity contribution in [3.05, 3.63) is 158 Å². The number of thiophene rings is 1. The van der Waals surface area contributed by atoms with Crippen LogP contribution >= 0.6 is 11.3 Å². The molecule has 0 unspecified atom stereocenters. The fraction of sp³-hybridized carbons (Fsp3) is 0. The summed E-state index contributed by atoms with van der Waals surface area (Å²) in [6.45, 7) is 0. The van der Waals surface area contributed by atoms with Crippen LogP contribution < -0.4 is 0 Å². The Morgan fingerprint density at radius 3 is 1.73 bits per heavy atom. The second-order valence-corrected chi connectivity index (χ2v) is 13.8. The van der Waals surface area contributed by atoms with E-state index in [2.05, 4.69) is 146 Å². The predicted octanol–water partition coefficient (Wildman–Crippen LogP) is 14.0. The Balaban J connectivity index is 1.33. The quantitative estimate of drug-likeness (QED) is 0.179. The zero-order chi connectivity index (χ0) is 32.1. The van der Waals surface area contributed by atoms with E-state index in [4.69, 9.17) is 8.83 Å². The zero-order valence-electron chi connectivity index (χ0n) is 26.2. The van der Waals surface area contributed by atoms with Crippen molar-refractivity contribution in [3.8, 4) is 33.6 Å². The van der Waals surface area contributed by atoms with Crippen molar-refractivity contribution in [2.24, 2.45) is 0 Å². The van der Waals surface area contributed by atoms with Crippen LogP contribution in [0.4, 0.5) is 0 Å². The molecular weight excluding hydrogens is 617 g/mol. The summed E-state index contributed by atoms with van der Waals surface area (Å²) >= 11 is 1.86. The van der Waals surface area contributed by atoms with Crippen molar-refractivity contribution in [1.29, 1.82) is 0 Å². The number of hydrogen-bond acceptors (Lipinski definition) is 3. The smallest absolute Gasteiger partial charge is 0.144 e. The predicted molar refractivity (Wildman–Crippen MR) is 208 cm³/mol. The third-order valence-corrected chi connectivity index (χ3v) is 11.2. The summed E-state index contributed by atoms with van der Waals surface area (Å²) < 4.78 is 16.1. The number of hydrogen-bond donors (Lipinski definition) is 0. The molecule has 0 amide bonds. The zero-order valence-corrected chi connectivity index (χ0v) is 27.1. The monoisotopic (exact) mass is 642 g/mol. The third-order valence-electron chi connectivity index (χ3n) is 10.1. The summed E-state index contributed by atoms with van der Waals surface area (Å²) in [6, 6.07) is 56.3. The molecule has 11 aromatic rings. The van der Waals surface area contributed by atoms with Crippen LogP contribution in [0.25, 0.3) is 108 Å². The van der Waals surface area contributed by atoms with E-state index >= 15 is 0 Å². The van der Waals surface area contributed by atoms with E-state index in [1.54, 1.807) is 0 Å². The standard InChI is InChI=1S/C46H26O2S/c1-2-13-27(14-3-1)38-26-36-39(47-38)25-35-28-15-8-10-22-37(28)48-46(35)45(36)44-31-18-6-4-16-29(31)42(30-17-5-7-19-32(30)44)34-21-12-24-41-43(34)33-20-9-11-23-40(33)49-41/h1-26H. The summed E-state index contributed by atoms with van der Waals surface area (Å²) in [5.41, 5.74) is 8.39. The van der Waals surface area contributed by atoms with Gasteiger partial charge in [-0.1, -0.05) is 127 Å². The topological polar surface area (TPSA) is 26.3 Å². The first-order valence-corrected chi connectivity index (χ1v) is 17.4. The lowest BCUT2D eigenvalue weighted by molar-refractivity contribution is 0.631. The van der Waals surface area contributed by atoms with Crippen LogP contribution in [0.1, 0.15) is 0 Å². The first-order valence-electron chi connectivity index (χ1n) is 16.6. The highest BCUT2D eigenvalue weighted by atomic mass is 32.1. The van der Waals surface area contributed by atoms with Gasteiger partial charge in [0.2, 0.25) is 0 Å². The molecule has 0 radical (unpaired) electrons. The van der Waals surface area contributed by atoms with Crippen molar-refractivity contribution >= 4 is 86.0 Å². The highest BCUT2D eigenvalue weighted by Crippen LogP contribution is 2.51. The Bertz CT molecular complexity index is 3050. The number of rotatable bonds is 3. The van der Waals surface area contributed by atoms with E-state index in [9.17, 15) is 0 Å². The third kappa shape index (κ3) is 3.82. The summed E-state index contributed by atoms with van der Waals surface area (Å²) in [4.78, 5) is 0. The molecule has 8 aromatic carbocycles. The summed E-state index contributed by atoms with van der Waals surface area (Å²) in [6.07, 6.45) is 0. The Morgan fingerprint density at radius 1 is 0.367 bits per heavy atom. The van der Waals surface area contributed by atoms with E-state index in [1.807, 2.05) is 23.5 Å². The van der Waals surface area contributed by atoms with E-state index in [0.717, 1.165) is 55.4 Å². The van der Waals surface area contributed by atoms with Gasteiger partial charge in [0, 0.05) is 53.0 Å². The van der Waals surface area contributed by atoms with Crippen LogP contribution in [-0.4, -0.2) is 0 Å². The van der Waals surface area contributed by atoms with Gasteiger partial charge in [0.25, 0.3) is 0 Å². The van der Waals surface area contributed by atoms with Gasteiger partial charge >= 0.3 is 0 Å². The lowest BCUT2D eigenvalue weighted by Crippen LogP contribution is -1.92. The van der Waals surface area contributed by atoms with E-state index < -0.39 is 0 Å². The van der Waals surface area contributed by atoms with Crippen molar-refractivity contribution in [3.63, 3.8) is 0 Å². The summed E-state index contributed by atoms with van der Waals surface area (Å²) in [5, 5.41) is 10.6. The Morgan fingerprint density at radius 2 is 0.980 bits per heavy atom. The van der Waals surface area contributed by atoms with Gasteiger partial charge in [0.1, 0.15) is 22.5 Å². The summed E-state index contributed by atoms with van der Waals surface area (Å²) in [7, 11) is 0. The van der Waals surface area contributed by atoms with Gasteiger partial charge in [-0.05, 0) is 63.0 Å². The molecular formula is C46H26O2S. The SMILES string of the molecule is c1ccc(-c2cc3c(-c4c5ccccc5c(-c5cccc6sc7ccccc7c56)c5ccccc45)c4oc5ccccc5c4cc3o2)cc1. The van der Waals surface area contributed by atoms with Crippen molar-refractivity contribution in [2.45, 2.75) is 0 Å². The van der Waals surface area contributed by atoms with Gasteiger partial charge in [-0.15, -0.1) is 11.3 Å². The largest absolute Gasteiger partial charge is 0.456 e. The average Bonchev–Trinajstić information content (AvgIpc) is 3.87. The molecule has 0 atom stereocenters. The average molecular weight is 643 g/mol. The molecule has 0 aliphatic rings. The van der Waals surface area contributed by atoms with Crippen LogP contribution in [-0.2, 0) is 0 Å². The minimum atomic E-state index is 0.843. The molecule has 0 N–H and O–H groups in total. The molecule has 0 saturated heterocycles. The minimum absolute atomic E-state index is 0.843.